The lowest BCUT2D eigenvalue weighted by Crippen LogP contribution is -2.47. The highest BCUT2D eigenvalue weighted by Gasteiger charge is 2.64. The van der Waals surface area contributed by atoms with E-state index in [-0.39, 0.29) is 35.3 Å². The number of benzene rings is 2. The van der Waals surface area contributed by atoms with E-state index < -0.39 is 40.7 Å². The first-order valence-electron chi connectivity index (χ1n) is 13.9. The number of amides is 4. The summed E-state index contributed by atoms with van der Waals surface area (Å²) in [5.41, 5.74) is 0.163. The minimum atomic E-state index is -0.707. The number of allylic oxidation sites excluding steroid dienone is 2. The topological polar surface area (TPSA) is 95.0 Å². The van der Waals surface area contributed by atoms with Gasteiger partial charge in [-0.3, -0.25) is 29.0 Å². The van der Waals surface area contributed by atoms with Gasteiger partial charge in [-0.05, 0) is 77.1 Å². The zero-order valence-corrected chi connectivity index (χ0v) is 23.4. The van der Waals surface area contributed by atoms with Crippen LogP contribution in [0.3, 0.4) is 0 Å². The number of carbonyl (C=O) groups is 4. The molecule has 4 amide bonds. The Hall–Kier alpha value is -3.48. The summed E-state index contributed by atoms with van der Waals surface area (Å²) in [5.74, 6) is -4.06. The van der Waals surface area contributed by atoms with Crippen molar-refractivity contribution in [2.24, 2.45) is 29.6 Å². The highest BCUT2D eigenvalue weighted by Crippen LogP contribution is 2.60. The smallest absolute Gasteiger partial charge is 0.234 e. The van der Waals surface area contributed by atoms with Crippen molar-refractivity contribution in [3.63, 3.8) is 0 Å². The van der Waals surface area contributed by atoms with E-state index in [0.717, 1.165) is 16.3 Å². The van der Waals surface area contributed by atoms with Crippen LogP contribution < -0.4 is 0 Å². The van der Waals surface area contributed by atoms with E-state index in [1.807, 2.05) is 78.0 Å². The number of rotatable bonds is 1. The van der Waals surface area contributed by atoms with Gasteiger partial charge in [0.25, 0.3) is 0 Å². The standard InChI is InChI=1S/C32H36N2O5/c1-31(2,3)33-27(36)19-13-12-18-20(23(19)29(33)38)15-21-26(30(39)34(28(21)37)32(4,5)6)25(18)24-17-10-8-7-9-16(17)11-14-22(24)35/h7-12,14,19-21,23,25-26,35H,13,15H2,1-6H3. The van der Waals surface area contributed by atoms with Gasteiger partial charge in [0, 0.05) is 22.6 Å². The molecule has 0 bridgehead atoms. The fourth-order valence-corrected chi connectivity index (χ4v) is 7.84. The second-order valence-electron chi connectivity index (χ2n) is 13.6. The van der Waals surface area contributed by atoms with Crippen molar-refractivity contribution in [3.05, 3.63) is 53.6 Å². The summed E-state index contributed by atoms with van der Waals surface area (Å²) in [4.78, 5) is 58.2. The fourth-order valence-electron chi connectivity index (χ4n) is 7.84. The molecule has 204 valence electrons. The van der Waals surface area contributed by atoms with Crippen molar-refractivity contribution >= 4 is 34.4 Å². The molecule has 2 saturated heterocycles. The number of hydrogen-bond donors (Lipinski definition) is 1. The SMILES string of the molecule is CC(C)(C)N1C(=O)C2CC=C3C(CC4C(=O)N(C(C)(C)C)C(=O)C4C3c3c(O)ccc4ccccc34)C2C1=O. The Balaban J connectivity index is 1.57. The van der Waals surface area contributed by atoms with Crippen LogP contribution in [0.15, 0.2) is 48.0 Å². The number of likely N-dealkylation sites (tertiary alicyclic amines) is 2. The number of imide groups is 2. The van der Waals surface area contributed by atoms with Crippen LogP contribution >= 0.6 is 0 Å². The van der Waals surface area contributed by atoms with Crippen LogP contribution in [0.25, 0.3) is 10.8 Å². The molecule has 0 aromatic heterocycles. The van der Waals surface area contributed by atoms with Gasteiger partial charge in [0.15, 0.2) is 0 Å². The van der Waals surface area contributed by atoms with Crippen molar-refractivity contribution in [1.29, 1.82) is 0 Å². The summed E-state index contributed by atoms with van der Waals surface area (Å²) in [5, 5.41) is 13.1. The van der Waals surface area contributed by atoms with Crippen molar-refractivity contribution < 1.29 is 24.3 Å². The molecular weight excluding hydrogens is 492 g/mol. The highest BCUT2D eigenvalue weighted by molar-refractivity contribution is 6.09. The predicted molar refractivity (Wildman–Crippen MR) is 146 cm³/mol. The summed E-state index contributed by atoms with van der Waals surface area (Å²) in [6.07, 6.45) is 2.77. The lowest BCUT2D eigenvalue weighted by atomic mass is 9.56. The Kier molecular flexibility index (Phi) is 5.46. The summed E-state index contributed by atoms with van der Waals surface area (Å²) in [6.45, 7) is 11.2. The fraction of sp³-hybridized carbons (Fsp3) is 0.500. The molecule has 1 N–H and O–H groups in total. The van der Waals surface area contributed by atoms with E-state index in [2.05, 4.69) is 0 Å². The van der Waals surface area contributed by atoms with E-state index in [1.165, 1.54) is 9.80 Å². The Morgan fingerprint density at radius 2 is 1.31 bits per heavy atom. The Morgan fingerprint density at radius 1 is 0.718 bits per heavy atom. The normalized spacial score (nSPS) is 31.0. The number of aromatic hydroxyl groups is 1. The molecule has 6 unspecified atom stereocenters. The van der Waals surface area contributed by atoms with E-state index in [1.54, 1.807) is 6.07 Å². The van der Waals surface area contributed by atoms with Crippen LogP contribution in [0.5, 0.6) is 5.75 Å². The van der Waals surface area contributed by atoms with Gasteiger partial charge in [-0.15, -0.1) is 0 Å². The highest BCUT2D eigenvalue weighted by atomic mass is 16.3. The molecule has 2 aliphatic heterocycles. The first-order valence-corrected chi connectivity index (χ1v) is 13.9. The van der Waals surface area contributed by atoms with E-state index in [0.29, 0.717) is 18.4 Å². The van der Waals surface area contributed by atoms with Gasteiger partial charge in [0.05, 0.1) is 23.7 Å². The van der Waals surface area contributed by atoms with Gasteiger partial charge in [0.1, 0.15) is 5.75 Å². The molecule has 1 saturated carbocycles. The van der Waals surface area contributed by atoms with Gasteiger partial charge in [0.2, 0.25) is 23.6 Å². The molecule has 0 spiro atoms. The Labute approximate surface area is 228 Å². The summed E-state index contributed by atoms with van der Waals surface area (Å²) in [7, 11) is 0. The van der Waals surface area contributed by atoms with Crippen molar-refractivity contribution in [2.75, 3.05) is 0 Å². The molecule has 6 atom stereocenters. The quantitative estimate of drug-likeness (QED) is 0.425. The van der Waals surface area contributed by atoms with Gasteiger partial charge in [-0.1, -0.05) is 42.0 Å². The maximum absolute atomic E-state index is 14.1. The zero-order valence-electron chi connectivity index (χ0n) is 23.4. The van der Waals surface area contributed by atoms with Crippen molar-refractivity contribution in [2.45, 2.75) is 71.4 Å². The number of fused-ring (bicyclic) bond motifs is 5. The molecular formula is C32H36N2O5. The minimum absolute atomic E-state index is 0.0701. The van der Waals surface area contributed by atoms with Gasteiger partial charge in [-0.2, -0.15) is 0 Å². The lowest BCUT2D eigenvalue weighted by molar-refractivity contribution is -0.147. The van der Waals surface area contributed by atoms with Crippen LogP contribution in [0, 0.1) is 29.6 Å². The molecule has 4 aliphatic rings. The third-order valence-electron chi connectivity index (χ3n) is 9.25. The summed E-state index contributed by atoms with van der Waals surface area (Å²) < 4.78 is 0. The first-order chi connectivity index (χ1) is 18.2. The molecule has 2 heterocycles. The third-order valence-corrected chi connectivity index (χ3v) is 9.25. The van der Waals surface area contributed by atoms with E-state index in [9.17, 15) is 24.3 Å². The number of phenols is 1. The largest absolute Gasteiger partial charge is 0.508 e. The third kappa shape index (κ3) is 3.54. The van der Waals surface area contributed by atoms with Crippen LogP contribution in [0.2, 0.25) is 0 Å². The van der Waals surface area contributed by atoms with Crippen LogP contribution in [0.1, 0.15) is 65.9 Å². The van der Waals surface area contributed by atoms with Crippen molar-refractivity contribution in [3.8, 4) is 5.75 Å². The number of phenolic OH excluding ortho intramolecular Hbond substituents is 1. The zero-order chi connectivity index (χ0) is 28.2. The van der Waals surface area contributed by atoms with E-state index >= 15 is 0 Å². The van der Waals surface area contributed by atoms with Crippen LogP contribution in [0.4, 0.5) is 0 Å². The summed E-state index contributed by atoms with van der Waals surface area (Å²) >= 11 is 0. The van der Waals surface area contributed by atoms with Crippen molar-refractivity contribution in [1.82, 2.24) is 9.80 Å². The monoisotopic (exact) mass is 528 g/mol. The average Bonchev–Trinajstić information content (AvgIpc) is 3.26. The maximum atomic E-state index is 14.1. The molecule has 3 fully saturated rings. The van der Waals surface area contributed by atoms with E-state index in [4.69, 9.17) is 0 Å². The first kappa shape index (κ1) is 25.8. The molecule has 2 aliphatic carbocycles. The molecule has 7 heteroatoms. The predicted octanol–water partition coefficient (Wildman–Crippen LogP) is 4.78. The van der Waals surface area contributed by atoms with Gasteiger partial charge in [-0.25, -0.2) is 0 Å². The molecule has 39 heavy (non-hydrogen) atoms. The molecule has 7 nitrogen and oxygen atoms in total. The molecule has 2 aromatic rings. The Morgan fingerprint density at radius 3 is 1.95 bits per heavy atom. The van der Waals surface area contributed by atoms with Crippen LogP contribution in [-0.4, -0.2) is 49.6 Å². The molecule has 2 aromatic carbocycles. The molecule has 0 radical (unpaired) electrons. The average molecular weight is 529 g/mol. The summed E-state index contributed by atoms with van der Waals surface area (Å²) in [6, 6.07) is 11.2. The molecule has 6 rings (SSSR count). The second kappa shape index (κ2) is 8.26. The van der Waals surface area contributed by atoms with Gasteiger partial charge < -0.3 is 5.11 Å². The number of nitrogens with zero attached hydrogens (tertiary/aromatic N) is 2. The number of hydrogen-bond acceptors (Lipinski definition) is 5. The Bertz CT molecular complexity index is 1480. The lowest BCUT2D eigenvalue weighted by Gasteiger charge is -2.44. The second-order valence-corrected chi connectivity index (χ2v) is 13.6. The minimum Gasteiger partial charge on any atom is -0.508 e. The number of carbonyl (C=O) groups excluding carboxylic acids is 4. The maximum Gasteiger partial charge on any atom is 0.234 e. The van der Waals surface area contributed by atoms with Gasteiger partial charge >= 0.3 is 0 Å². The van der Waals surface area contributed by atoms with Crippen LogP contribution in [-0.2, 0) is 19.2 Å².